The van der Waals surface area contributed by atoms with Crippen LogP contribution in [0.4, 0.5) is 5.82 Å². The lowest BCUT2D eigenvalue weighted by Gasteiger charge is -2.26. The molecule has 1 amide bonds. The van der Waals surface area contributed by atoms with Crippen molar-refractivity contribution in [1.82, 2.24) is 5.16 Å². The molecule has 1 N–H and O–H groups in total. The summed E-state index contributed by atoms with van der Waals surface area (Å²) >= 11 is 2.25. The maximum Gasteiger partial charge on any atom is 0.310 e. The van der Waals surface area contributed by atoms with Crippen LogP contribution in [-0.2, 0) is 23.9 Å². The molecule has 6 atom stereocenters. The smallest absolute Gasteiger partial charge is 0.310 e. The van der Waals surface area contributed by atoms with Gasteiger partial charge in [0.25, 0.3) is 5.91 Å². The number of nitrogens with zero attached hydrogens (tertiary/aromatic N) is 1. The van der Waals surface area contributed by atoms with Gasteiger partial charge in [-0.05, 0) is 19.3 Å². The first-order valence-corrected chi connectivity index (χ1v) is 8.94. The molecule has 1 aromatic heterocycles. The Bertz CT molecular complexity index is 719. The van der Waals surface area contributed by atoms with E-state index in [-0.39, 0.29) is 33.7 Å². The molecule has 8 nitrogen and oxygen atoms in total. The fraction of sp³-hybridized carbons (Fsp3) is 0.600. The zero-order valence-corrected chi connectivity index (χ0v) is 14.9. The van der Waals surface area contributed by atoms with E-state index >= 15 is 0 Å². The summed E-state index contributed by atoms with van der Waals surface area (Å²) in [6.45, 7) is 1.28. The second-order valence-electron chi connectivity index (χ2n) is 6.44. The van der Waals surface area contributed by atoms with Crippen molar-refractivity contribution in [3.63, 3.8) is 0 Å². The SMILES string of the molecule is Cc1cc(NC(=O)COC(=O)[C@@H]2[C@H]3C[C@H]4[C@H](OC(=O)[C@@H]42)[C@@H]3I)no1. The van der Waals surface area contributed by atoms with Crippen molar-refractivity contribution < 1.29 is 28.4 Å². The average Bonchev–Trinajstić information content (AvgIpc) is 3.24. The summed E-state index contributed by atoms with van der Waals surface area (Å²) < 4.78 is 15.5. The molecule has 2 bridgehead atoms. The van der Waals surface area contributed by atoms with Crippen LogP contribution >= 0.6 is 22.6 Å². The minimum Gasteiger partial charge on any atom is -0.461 e. The quantitative estimate of drug-likeness (QED) is 0.419. The number of esters is 2. The number of hydrogen-bond acceptors (Lipinski definition) is 7. The van der Waals surface area contributed by atoms with Gasteiger partial charge in [-0.25, -0.2) is 0 Å². The van der Waals surface area contributed by atoms with Crippen LogP contribution in [0.3, 0.4) is 0 Å². The van der Waals surface area contributed by atoms with Crippen molar-refractivity contribution in [3.05, 3.63) is 11.8 Å². The first kappa shape index (κ1) is 15.9. The minimum absolute atomic E-state index is 0.0733. The summed E-state index contributed by atoms with van der Waals surface area (Å²) in [6, 6.07) is 1.56. The number of anilines is 1. The second-order valence-corrected chi connectivity index (χ2v) is 7.88. The number of rotatable bonds is 4. The molecule has 3 aliphatic rings. The van der Waals surface area contributed by atoms with Crippen molar-refractivity contribution in [2.75, 3.05) is 11.9 Å². The van der Waals surface area contributed by atoms with E-state index in [4.69, 9.17) is 14.0 Å². The largest absolute Gasteiger partial charge is 0.461 e. The molecule has 0 aromatic carbocycles. The van der Waals surface area contributed by atoms with Crippen LogP contribution in [0.1, 0.15) is 12.2 Å². The standard InChI is InChI=1S/C15H15IN2O6/c1-5-2-8(18-24-5)17-9(19)4-22-14(20)10-6-3-7-11(10)15(21)23-13(7)12(6)16/h2,6-7,10-13H,3-4H2,1H3,(H,17,18,19)/t6-,7-,10-,11+,12-,13+/m1/s1. The lowest BCUT2D eigenvalue weighted by Crippen LogP contribution is -2.39. The van der Waals surface area contributed by atoms with Crippen molar-refractivity contribution >= 4 is 46.3 Å². The number of carbonyl (C=O) groups excluding carboxylic acids is 3. The maximum atomic E-state index is 12.4. The summed E-state index contributed by atoms with van der Waals surface area (Å²) in [6.07, 6.45) is 0.731. The monoisotopic (exact) mass is 446 g/mol. The van der Waals surface area contributed by atoms with Crippen LogP contribution in [0, 0.1) is 30.6 Å². The Labute approximate surface area is 150 Å². The van der Waals surface area contributed by atoms with Crippen molar-refractivity contribution in [3.8, 4) is 0 Å². The maximum absolute atomic E-state index is 12.4. The molecule has 4 rings (SSSR count). The Morgan fingerprint density at radius 2 is 2.25 bits per heavy atom. The Hall–Kier alpha value is -1.65. The van der Waals surface area contributed by atoms with Gasteiger partial charge in [-0.15, -0.1) is 0 Å². The van der Waals surface area contributed by atoms with Crippen LogP contribution < -0.4 is 5.32 Å². The number of ether oxygens (including phenoxy) is 2. The molecular weight excluding hydrogens is 431 g/mol. The fourth-order valence-electron chi connectivity index (χ4n) is 4.13. The molecule has 0 unspecified atom stereocenters. The molecule has 9 heteroatoms. The average molecular weight is 446 g/mol. The summed E-state index contributed by atoms with van der Waals surface area (Å²) in [7, 11) is 0. The lowest BCUT2D eigenvalue weighted by atomic mass is 9.80. The van der Waals surface area contributed by atoms with Gasteiger partial charge in [0.1, 0.15) is 11.9 Å². The van der Waals surface area contributed by atoms with Gasteiger partial charge in [0, 0.05) is 12.0 Å². The number of halogens is 1. The molecule has 3 fully saturated rings. The zero-order chi connectivity index (χ0) is 17.0. The van der Waals surface area contributed by atoms with E-state index in [9.17, 15) is 14.4 Å². The Morgan fingerprint density at radius 1 is 1.46 bits per heavy atom. The molecule has 128 valence electrons. The molecule has 2 aliphatic carbocycles. The Kier molecular flexibility index (Phi) is 3.77. The predicted octanol–water partition coefficient (Wildman–Crippen LogP) is 1.08. The number of amides is 1. The topological polar surface area (TPSA) is 108 Å². The number of alkyl halides is 1. The van der Waals surface area contributed by atoms with Crippen LogP contribution in [0.2, 0.25) is 0 Å². The summed E-state index contributed by atoms with van der Waals surface area (Å²) in [5.41, 5.74) is 0. The zero-order valence-electron chi connectivity index (χ0n) is 12.7. The van der Waals surface area contributed by atoms with Crippen molar-refractivity contribution in [2.24, 2.45) is 23.7 Å². The normalized spacial score (nSPS) is 35.8. The molecule has 2 heterocycles. The van der Waals surface area contributed by atoms with Crippen LogP contribution in [0.5, 0.6) is 0 Å². The first-order valence-electron chi connectivity index (χ1n) is 7.70. The Balaban J connectivity index is 1.37. The fourth-order valence-corrected chi connectivity index (χ4v) is 5.55. The van der Waals surface area contributed by atoms with Crippen molar-refractivity contribution in [2.45, 2.75) is 23.4 Å². The number of hydrogen-bond donors (Lipinski definition) is 1. The van der Waals surface area contributed by atoms with Gasteiger partial charge in [-0.3, -0.25) is 14.4 Å². The molecule has 1 aliphatic heterocycles. The van der Waals surface area contributed by atoms with E-state index in [0.29, 0.717) is 5.76 Å². The van der Waals surface area contributed by atoms with Gasteiger partial charge in [-0.2, -0.15) is 0 Å². The number of aryl methyl sites for hydroxylation is 1. The van der Waals surface area contributed by atoms with Gasteiger partial charge in [-0.1, -0.05) is 27.7 Å². The molecule has 1 aromatic rings. The third-order valence-corrected chi connectivity index (χ3v) is 6.67. The summed E-state index contributed by atoms with van der Waals surface area (Å²) in [4.78, 5) is 36.3. The van der Waals surface area contributed by atoms with Crippen LogP contribution in [0.15, 0.2) is 10.6 Å². The second kappa shape index (κ2) is 5.71. The van der Waals surface area contributed by atoms with E-state index in [1.807, 2.05) is 0 Å². The van der Waals surface area contributed by atoms with E-state index in [0.717, 1.165) is 6.42 Å². The van der Waals surface area contributed by atoms with Gasteiger partial charge >= 0.3 is 11.9 Å². The van der Waals surface area contributed by atoms with Gasteiger partial charge in [0.05, 0.1) is 15.8 Å². The molecule has 24 heavy (non-hydrogen) atoms. The first-order chi connectivity index (χ1) is 11.5. The number of carbonyl (C=O) groups is 3. The molecule has 0 spiro atoms. The van der Waals surface area contributed by atoms with Crippen LogP contribution in [-0.4, -0.2) is 39.6 Å². The molecule has 1 saturated heterocycles. The van der Waals surface area contributed by atoms with Gasteiger partial charge < -0.3 is 19.3 Å². The summed E-state index contributed by atoms with van der Waals surface area (Å²) in [5.74, 6) is -1.23. The minimum atomic E-state index is -0.509. The van der Waals surface area contributed by atoms with E-state index < -0.39 is 30.3 Å². The van der Waals surface area contributed by atoms with Gasteiger partial charge in [0.15, 0.2) is 12.4 Å². The lowest BCUT2D eigenvalue weighted by molar-refractivity contribution is -0.157. The van der Waals surface area contributed by atoms with E-state index in [2.05, 4.69) is 33.1 Å². The molecule has 2 saturated carbocycles. The molecular formula is C15H15IN2O6. The van der Waals surface area contributed by atoms with Crippen LogP contribution in [0.25, 0.3) is 0 Å². The third-order valence-electron chi connectivity index (χ3n) is 5.04. The number of aromatic nitrogens is 1. The van der Waals surface area contributed by atoms with E-state index in [1.165, 1.54) is 0 Å². The highest BCUT2D eigenvalue weighted by Crippen LogP contribution is 2.60. The predicted molar refractivity (Wildman–Crippen MR) is 87.1 cm³/mol. The highest BCUT2D eigenvalue weighted by Gasteiger charge is 2.68. The third kappa shape index (κ3) is 2.40. The highest BCUT2D eigenvalue weighted by molar-refractivity contribution is 14.1. The van der Waals surface area contributed by atoms with Crippen molar-refractivity contribution in [1.29, 1.82) is 0 Å². The summed E-state index contributed by atoms with van der Waals surface area (Å²) in [5, 5.41) is 6.11. The van der Waals surface area contributed by atoms with E-state index in [1.54, 1.807) is 13.0 Å². The highest BCUT2D eigenvalue weighted by atomic mass is 127. The van der Waals surface area contributed by atoms with Gasteiger partial charge in [0.2, 0.25) is 0 Å². The number of nitrogens with one attached hydrogen (secondary N) is 1. The number of fused-ring (bicyclic) bond motifs is 1. The Morgan fingerprint density at radius 3 is 2.96 bits per heavy atom. The molecule has 0 radical (unpaired) electrons.